The number of urea groups is 1. The average Bonchev–Trinajstić information content (AvgIpc) is 3.41. The average molecular weight is 452 g/mol. The zero-order chi connectivity index (χ0) is 23.1. The van der Waals surface area contributed by atoms with Crippen LogP contribution in [0.3, 0.4) is 0 Å². The van der Waals surface area contributed by atoms with E-state index in [0.29, 0.717) is 40.9 Å². The smallest absolute Gasteiger partial charge is 0.317 e. The molecule has 2 aliphatic heterocycles. The third-order valence-electron chi connectivity index (χ3n) is 6.22. The molecule has 6 N–H and O–H groups in total. The van der Waals surface area contributed by atoms with Gasteiger partial charge in [-0.3, -0.25) is 5.32 Å². The molecule has 3 aliphatic rings. The molecule has 9 nitrogen and oxygen atoms in total. The molecule has 0 unspecified atom stereocenters. The number of nitrogen functional groups attached to an aromatic ring is 1. The third kappa shape index (κ3) is 4.09. The van der Waals surface area contributed by atoms with Gasteiger partial charge in [0.25, 0.3) is 0 Å². The first kappa shape index (κ1) is 21.2. The number of rotatable bonds is 2. The summed E-state index contributed by atoms with van der Waals surface area (Å²) in [6, 6.07) is 2.50. The van der Waals surface area contributed by atoms with Crippen LogP contribution in [0.2, 0.25) is 0 Å². The number of amides is 2. The van der Waals surface area contributed by atoms with E-state index in [-0.39, 0.29) is 11.5 Å². The van der Waals surface area contributed by atoms with Crippen molar-refractivity contribution < 1.29 is 18.7 Å². The summed E-state index contributed by atoms with van der Waals surface area (Å²) in [4.78, 5) is 19.4. The van der Waals surface area contributed by atoms with Gasteiger partial charge in [0.2, 0.25) is 5.88 Å². The van der Waals surface area contributed by atoms with Crippen LogP contribution in [0, 0.1) is 24.6 Å². The van der Waals surface area contributed by atoms with Crippen molar-refractivity contribution in [2.45, 2.75) is 13.3 Å². The highest BCUT2D eigenvalue weighted by Gasteiger charge is 2.41. The van der Waals surface area contributed by atoms with Crippen molar-refractivity contribution in [2.24, 2.45) is 17.6 Å². The number of carbonyl (C=O) groups is 1. The van der Waals surface area contributed by atoms with E-state index in [1.807, 2.05) is 6.92 Å². The van der Waals surface area contributed by atoms with Gasteiger partial charge >= 0.3 is 6.03 Å². The topological polar surface area (TPSA) is 137 Å². The molecule has 1 saturated heterocycles. The number of hydrogen-bond acceptors (Lipinski definition) is 7. The molecular weight excluding hydrogens is 427 g/mol. The van der Waals surface area contributed by atoms with Crippen LogP contribution in [0.25, 0.3) is 21.9 Å². The lowest BCUT2D eigenvalue weighted by atomic mass is 9.97. The Hall–Kier alpha value is -3.66. The molecule has 33 heavy (non-hydrogen) atoms. The number of ether oxygens (including phenoxy) is 2. The molecule has 0 radical (unpaired) electrons. The highest BCUT2D eigenvalue weighted by Crippen LogP contribution is 2.43. The normalized spacial score (nSPS) is 19.9. The number of carbonyl (C=O) groups excluding carboxylic acids is 1. The van der Waals surface area contributed by atoms with E-state index in [1.54, 1.807) is 18.3 Å². The molecule has 4 heterocycles. The maximum atomic E-state index is 15.0. The molecular formula is C23H25FN6O3. The molecule has 172 valence electrons. The lowest BCUT2D eigenvalue weighted by molar-refractivity contribution is 0.165. The van der Waals surface area contributed by atoms with Crippen molar-refractivity contribution in [3.05, 3.63) is 35.9 Å². The summed E-state index contributed by atoms with van der Waals surface area (Å²) in [6.45, 7) is 5.16. The Balaban J connectivity index is 0.000000324. The predicted octanol–water partition coefficient (Wildman–Crippen LogP) is 3.27. The number of nitrogens with one attached hydrogen (secondary N) is 2. The number of aromatic nitrogens is 2. The van der Waals surface area contributed by atoms with Crippen molar-refractivity contribution in [1.82, 2.24) is 9.97 Å². The van der Waals surface area contributed by atoms with E-state index in [9.17, 15) is 4.79 Å². The number of benzene rings is 1. The van der Waals surface area contributed by atoms with Crippen LogP contribution in [0.1, 0.15) is 12.0 Å². The van der Waals surface area contributed by atoms with Crippen molar-refractivity contribution in [2.75, 3.05) is 42.7 Å². The number of fused-ring (bicyclic) bond motifs is 3. The Morgan fingerprint density at radius 1 is 1.21 bits per heavy atom. The fourth-order valence-electron chi connectivity index (χ4n) is 4.27. The molecule has 2 aromatic heterocycles. The minimum absolute atomic E-state index is 0.0260. The van der Waals surface area contributed by atoms with E-state index in [2.05, 4.69) is 20.6 Å². The first-order chi connectivity index (χ1) is 15.9. The lowest BCUT2D eigenvalue weighted by Crippen LogP contribution is -2.20. The lowest BCUT2D eigenvalue weighted by Gasteiger charge is -2.22. The van der Waals surface area contributed by atoms with Gasteiger partial charge in [-0.15, -0.1) is 0 Å². The van der Waals surface area contributed by atoms with Crippen LogP contribution in [-0.4, -0.2) is 42.4 Å². The SMILES string of the molecule is C1OC[C@H]2C[C@@H]12.Cc1c(-c2cc3cc(NC(N)=O)ncc3c(N)c2F)cnc2c1NCCO2. The van der Waals surface area contributed by atoms with Crippen LogP contribution in [0.4, 0.5) is 26.4 Å². The van der Waals surface area contributed by atoms with Crippen LogP contribution in [0.15, 0.2) is 24.5 Å². The Kier molecular flexibility index (Phi) is 5.37. The highest BCUT2D eigenvalue weighted by molar-refractivity contribution is 5.99. The molecule has 2 fully saturated rings. The molecule has 1 aromatic carbocycles. The number of halogens is 1. The van der Waals surface area contributed by atoms with Crippen molar-refractivity contribution >= 4 is 34.0 Å². The first-order valence-electron chi connectivity index (χ1n) is 10.8. The van der Waals surface area contributed by atoms with Gasteiger partial charge in [-0.1, -0.05) is 0 Å². The number of pyridine rings is 2. The van der Waals surface area contributed by atoms with E-state index in [4.69, 9.17) is 20.9 Å². The second-order valence-corrected chi connectivity index (χ2v) is 8.48. The van der Waals surface area contributed by atoms with Gasteiger partial charge < -0.3 is 26.3 Å². The summed E-state index contributed by atoms with van der Waals surface area (Å²) in [5.74, 6) is 2.17. The summed E-state index contributed by atoms with van der Waals surface area (Å²) < 4.78 is 25.6. The van der Waals surface area contributed by atoms with Gasteiger partial charge in [-0.2, -0.15) is 0 Å². The minimum atomic E-state index is -0.738. The summed E-state index contributed by atoms with van der Waals surface area (Å²) in [7, 11) is 0. The zero-order valence-electron chi connectivity index (χ0n) is 18.2. The Morgan fingerprint density at radius 2 is 2.00 bits per heavy atom. The number of anilines is 3. The fraction of sp³-hybridized carbons (Fsp3) is 0.348. The zero-order valence-corrected chi connectivity index (χ0v) is 18.2. The highest BCUT2D eigenvalue weighted by atomic mass is 19.1. The van der Waals surface area contributed by atoms with Crippen molar-refractivity contribution in [3.63, 3.8) is 0 Å². The van der Waals surface area contributed by atoms with Gasteiger partial charge in [0, 0.05) is 48.7 Å². The quantitative estimate of drug-likeness (QED) is 0.438. The molecule has 6 rings (SSSR count). The molecule has 3 aromatic rings. The van der Waals surface area contributed by atoms with Gasteiger partial charge in [0.05, 0.1) is 5.69 Å². The first-order valence-corrected chi connectivity index (χ1v) is 10.8. The van der Waals surface area contributed by atoms with E-state index < -0.39 is 11.8 Å². The van der Waals surface area contributed by atoms with E-state index in [0.717, 1.165) is 36.3 Å². The molecule has 0 bridgehead atoms. The summed E-state index contributed by atoms with van der Waals surface area (Å²) in [5.41, 5.74) is 13.6. The summed E-state index contributed by atoms with van der Waals surface area (Å²) in [5, 5.41) is 6.68. The monoisotopic (exact) mass is 452 g/mol. The Bertz CT molecular complexity index is 1240. The van der Waals surface area contributed by atoms with E-state index >= 15 is 4.39 Å². The van der Waals surface area contributed by atoms with Gasteiger partial charge in [0.1, 0.15) is 18.1 Å². The van der Waals surface area contributed by atoms with Crippen LogP contribution < -0.4 is 26.8 Å². The number of hydrogen-bond donors (Lipinski definition) is 4. The maximum Gasteiger partial charge on any atom is 0.317 e. The van der Waals surface area contributed by atoms with Crippen LogP contribution in [0.5, 0.6) is 5.88 Å². The van der Waals surface area contributed by atoms with Crippen LogP contribution in [-0.2, 0) is 4.74 Å². The largest absolute Gasteiger partial charge is 0.474 e. The maximum absolute atomic E-state index is 15.0. The number of nitrogens with zero attached hydrogens (tertiary/aromatic N) is 2. The van der Waals surface area contributed by atoms with Gasteiger partial charge in [-0.05, 0) is 48.3 Å². The van der Waals surface area contributed by atoms with Gasteiger partial charge in [-0.25, -0.2) is 19.2 Å². The third-order valence-corrected chi connectivity index (χ3v) is 6.22. The summed E-state index contributed by atoms with van der Waals surface area (Å²) >= 11 is 0. The van der Waals surface area contributed by atoms with Crippen LogP contribution >= 0.6 is 0 Å². The Labute approximate surface area is 189 Å². The minimum Gasteiger partial charge on any atom is -0.474 e. The number of nitrogens with two attached hydrogens (primary N) is 2. The second-order valence-electron chi connectivity index (χ2n) is 8.48. The molecule has 2 atom stereocenters. The summed E-state index contributed by atoms with van der Waals surface area (Å²) in [6.07, 6.45) is 4.42. The Morgan fingerprint density at radius 3 is 2.67 bits per heavy atom. The van der Waals surface area contributed by atoms with Gasteiger partial charge in [0.15, 0.2) is 5.82 Å². The molecule has 1 saturated carbocycles. The van der Waals surface area contributed by atoms with E-state index in [1.165, 1.54) is 12.6 Å². The molecule has 0 spiro atoms. The molecule has 10 heteroatoms. The van der Waals surface area contributed by atoms with Crippen molar-refractivity contribution in [3.8, 4) is 17.0 Å². The fourth-order valence-corrected chi connectivity index (χ4v) is 4.27. The second kappa shape index (κ2) is 8.36. The predicted molar refractivity (Wildman–Crippen MR) is 124 cm³/mol. The molecule has 2 amide bonds. The number of primary amides is 1. The standard InChI is InChI=1S/C18H17FN6O2.C5H8O/c1-8-11(6-24-17-16(8)22-2-3-27-17)10-4-9-5-13(25-18(21)26)23-7-12(9)15(20)14(10)19;1-4-2-6-3-5(1)4/h4-7,22H,2-3,20H2,1H3,(H3,21,23,25,26);4-5H,1-3H2/t;4-,5+. The van der Waals surface area contributed by atoms with Crippen molar-refractivity contribution in [1.29, 1.82) is 0 Å². The molecule has 1 aliphatic carbocycles.